The van der Waals surface area contributed by atoms with Gasteiger partial charge in [0.2, 0.25) is 0 Å². The highest BCUT2D eigenvalue weighted by molar-refractivity contribution is 5.53. The highest BCUT2D eigenvalue weighted by Crippen LogP contribution is 2.35. The number of ether oxygens (including phenoxy) is 3. The lowest BCUT2D eigenvalue weighted by molar-refractivity contribution is 0.0809. The topological polar surface area (TPSA) is 78.2 Å². The minimum absolute atomic E-state index is 0.129. The summed E-state index contributed by atoms with van der Waals surface area (Å²) >= 11 is 0. The standard InChI is InChI=1S/C21H21FN4O4/c1-13-10-19-23-6-4-20(27)26(19)24-21(13)25-7-5-16(15(22)12-25)30-14-2-3-17-18(11-14)29-9-8-28-17/h2-4,6,10-11,15-16H,5,7-9,12H2,1H3/t15-,16-/m1/s1. The van der Waals surface area contributed by atoms with Crippen LogP contribution in [0.3, 0.4) is 0 Å². The number of benzene rings is 1. The molecule has 3 aromatic rings. The number of hydrogen-bond acceptors (Lipinski definition) is 7. The summed E-state index contributed by atoms with van der Waals surface area (Å²) in [5, 5.41) is 4.42. The van der Waals surface area contributed by atoms with Crippen molar-refractivity contribution in [2.75, 3.05) is 31.2 Å². The van der Waals surface area contributed by atoms with Crippen LogP contribution < -0.4 is 24.7 Å². The van der Waals surface area contributed by atoms with Crippen LogP contribution in [-0.4, -0.2) is 53.2 Å². The fraction of sp³-hybridized carbons (Fsp3) is 0.381. The first-order valence-corrected chi connectivity index (χ1v) is 9.89. The molecule has 1 saturated heterocycles. The van der Waals surface area contributed by atoms with Crippen LogP contribution in [-0.2, 0) is 0 Å². The van der Waals surface area contributed by atoms with Crippen LogP contribution in [0.2, 0.25) is 0 Å². The van der Waals surface area contributed by atoms with Crippen LogP contribution in [0.15, 0.2) is 41.3 Å². The fourth-order valence-corrected chi connectivity index (χ4v) is 3.84. The summed E-state index contributed by atoms with van der Waals surface area (Å²) in [5.41, 5.74) is 1.04. The third-order valence-corrected chi connectivity index (χ3v) is 5.33. The Morgan fingerprint density at radius 2 is 2.00 bits per heavy atom. The summed E-state index contributed by atoms with van der Waals surface area (Å²) in [6.45, 7) is 3.57. The van der Waals surface area contributed by atoms with Gasteiger partial charge >= 0.3 is 0 Å². The van der Waals surface area contributed by atoms with E-state index in [1.165, 1.54) is 16.8 Å². The molecule has 4 heterocycles. The highest BCUT2D eigenvalue weighted by atomic mass is 19.1. The number of nitrogens with zero attached hydrogens (tertiary/aromatic N) is 4. The largest absolute Gasteiger partial charge is 0.487 e. The van der Waals surface area contributed by atoms with E-state index in [1.807, 2.05) is 11.8 Å². The second kappa shape index (κ2) is 7.47. The zero-order valence-electron chi connectivity index (χ0n) is 16.5. The van der Waals surface area contributed by atoms with Crippen LogP contribution in [0.1, 0.15) is 12.0 Å². The lowest BCUT2D eigenvalue weighted by atomic mass is 10.1. The van der Waals surface area contributed by atoms with Crippen molar-refractivity contribution in [3.8, 4) is 17.2 Å². The molecule has 0 N–H and O–H groups in total. The Hall–Kier alpha value is -3.36. The molecule has 5 rings (SSSR count). The minimum atomic E-state index is -1.21. The molecule has 9 heteroatoms. The van der Waals surface area contributed by atoms with Crippen LogP contribution >= 0.6 is 0 Å². The van der Waals surface area contributed by atoms with Crippen molar-refractivity contribution in [2.24, 2.45) is 0 Å². The quantitative estimate of drug-likeness (QED) is 0.652. The summed E-state index contributed by atoms with van der Waals surface area (Å²) in [6, 6.07) is 8.42. The van der Waals surface area contributed by atoms with Gasteiger partial charge in [-0.25, -0.2) is 9.37 Å². The van der Waals surface area contributed by atoms with Crippen LogP contribution in [0.25, 0.3) is 5.65 Å². The van der Waals surface area contributed by atoms with E-state index in [-0.39, 0.29) is 12.1 Å². The molecule has 2 aliphatic rings. The number of rotatable bonds is 3. The maximum Gasteiger partial charge on any atom is 0.274 e. The molecule has 0 bridgehead atoms. The zero-order valence-corrected chi connectivity index (χ0v) is 16.5. The number of halogens is 1. The van der Waals surface area contributed by atoms with E-state index < -0.39 is 12.3 Å². The average Bonchev–Trinajstić information content (AvgIpc) is 2.75. The van der Waals surface area contributed by atoms with Gasteiger partial charge in [0, 0.05) is 31.3 Å². The lowest BCUT2D eigenvalue weighted by Crippen LogP contribution is -2.47. The predicted molar refractivity (Wildman–Crippen MR) is 108 cm³/mol. The molecule has 0 unspecified atom stereocenters. The first kappa shape index (κ1) is 18.7. The number of aryl methyl sites for hydroxylation is 1. The average molecular weight is 412 g/mol. The van der Waals surface area contributed by atoms with Crippen LogP contribution in [0.5, 0.6) is 17.2 Å². The number of hydrogen-bond donors (Lipinski definition) is 0. The SMILES string of the molecule is Cc1cc2nccc(=O)n2nc1N1CC[C@@H](Oc2ccc3c(c2)OCCO3)[C@H](F)C1. The summed E-state index contributed by atoms with van der Waals surface area (Å²) < 4.78 is 33.2. The minimum Gasteiger partial charge on any atom is -0.487 e. The molecule has 0 radical (unpaired) electrons. The summed E-state index contributed by atoms with van der Waals surface area (Å²) in [4.78, 5) is 18.1. The smallest absolute Gasteiger partial charge is 0.274 e. The van der Waals surface area contributed by atoms with Gasteiger partial charge in [-0.15, -0.1) is 5.10 Å². The van der Waals surface area contributed by atoms with Gasteiger partial charge in [0.05, 0.1) is 6.54 Å². The van der Waals surface area contributed by atoms with Crippen molar-refractivity contribution in [1.82, 2.24) is 14.6 Å². The maximum absolute atomic E-state index is 15.0. The molecule has 156 valence electrons. The van der Waals surface area contributed by atoms with Gasteiger partial charge in [0.25, 0.3) is 5.56 Å². The van der Waals surface area contributed by atoms with Gasteiger partial charge in [-0.2, -0.15) is 4.52 Å². The highest BCUT2D eigenvalue weighted by Gasteiger charge is 2.32. The molecule has 0 amide bonds. The van der Waals surface area contributed by atoms with Gasteiger partial charge in [0.15, 0.2) is 29.1 Å². The van der Waals surface area contributed by atoms with Gasteiger partial charge in [-0.3, -0.25) is 4.79 Å². The Labute approximate surface area is 171 Å². The predicted octanol–water partition coefficient (Wildman–Crippen LogP) is 2.16. The number of alkyl halides is 1. The Morgan fingerprint density at radius 3 is 2.83 bits per heavy atom. The molecule has 0 spiro atoms. The molecular weight excluding hydrogens is 391 g/mol. The second-order valence-electron chi connectivity index (χ2n) is 7.42. The van der Waals surface area contributed by atoms with E-state index in [2.05, 4.69) is 10.1 Å². The third-order valence-electron chi connectivity index (χ3n) is 5.33. The monoisotopic (exact) mass is 412 g/mol. The summed E-state index contributed by atoms with van der Waals surface area (Å²) in [6.07, 6.45) is 0.149. The fourth-order valence-electron chi connectivity index (χ4n) is 3.84. The zero-order chi connectivity index (χ0) is 20.7. The van der Waals surface area contributed by atoms with Crippen molar-refractivity contribution >= 4 is 11.5 Å². The summed E-state index contributed by atoms with van der Waals surface area (Å²) in [5.74, 6) is 2.42. The Bertz CT molecular complexity index is 1150. The Kier molecular flexibility index (Phi) is 4.65. The number of piperidine rings is 1. The second-order valence-corrected chi connectivity index (χ2v) is 7.42. The summed E-state index contributed by atoms with van der Waals surface area (Å²) in [7, 11) is 0. The van der Waals surface area contributed by atoms with E-state index >= 15 is 4.39 Å². The molecule has 2 atom stereocenters. The molecule has 8 nitrogen and oxygen atoms in total. The normalized spacial score (nSPS) is 20.9. The van der Waals surface area contributed by atoms with E-state index in [0.29, 0.717) is 54.9 Å². The maximum atomic E-state index is 15.0. The first-order chi connectivity index (χ1) is 14.6. The molecule has 0 aliphatic carbocycles. The molecular formula is C21H21FN4O4. The van der Waals surface area contributed by atoms with Gasteiger partial charge in [0.1, 0.15) is 25.1 Å². The van der Waals surface area contributed by atoms with Crippen molar-refractivity contribution in [2.45, 2.75) is 25.6 Å². The van der Waals surface area contributed by atoms with E-state index in [1.54, 1.807) is 24.3 Å². The number of aromatic nitrogens is 3. The van der Waals surface area contributed by atoms with E-state index in [0.717, 1.165) is 5.56 Å². The van der Waals surface area contributed by atoms with Crippen molar-refractivity contribution in [3.05, 3.63) is 52.4 Å². The Balaban J connectivity index is 1.32. The van der Waals surface area contributed by atoms with Crippen molar-refractivity contribution < 1.29 is 18.6 Å². The van der Waals surface area contributed by atoms with Crippen LogP contribution in [0.4, 0.5) is 10.2 Å². The van der Waals surface area contributed by atoms with Crippen molar-refractivity contribution in [1.29, 1.82) is 0 Å². The number of fused-ring (bicyclic) bond motifs is 2. The lowest BCUT2D eigenvalue weighted by Gasteiger charge is -2.36. The molecule has 30 heavy (non-hydrogen) atoms. The molecule has 2 aliphatic heterocycles. The number of anilines is 1. The van der Waals surface area contributed by atoms with Gasteiger partial charge < -0.3 is 19.1 Å². The van der Waals surface area contributed by atoms with Crippen LogP contribution in [0, 0.1) is 6.92 Å². The molecule has 0 saturated carbocycles. The van der Waals surface area contributed by atoms with E-state index in [4.69, 9.17) is 14.2 Å². The van der Waals surface area contributed by atoms with Gasteiger partial charge in [-0.05, 0) is 30.7 Å². The Morgan fingerprint density at radius 1 is 1.17 bits per heavy atom. The molecule has 1 fully saturated rings. The van der Waals surface area contributed by atoms with Crippen molar-refractivity contribution in [3.63, 3.8) is 0 Å². The van der Waals surface area contributed by atoms with E-state index in [9.17, 15) is 4.79 Å². The molecule has 1 aromatic carbocycles. The third kappa shape index (κ3) is 3.40. The van der Waals surface area contributed by atoms with Gasteiger partial charge in [-0.1, -0.05) is 0 Å². The first-order valence-electron chi connectivity index (χ1n) is 9.89. The molecule has 2 aromatic heterocycles.